The zero-order chi connectivity index (χ0) is 10.4. The van der Waals surface area contributed by atoms with E-state index in [0.29, 0.717) is 18.2 Å². The molecule has 15 heavy (non-hydrogen) atoms. The Bertz CT molecular complexity index is 516. The first-order valence-corrected chi connectivity index (χ1v) is 5.32. The Morgan fingerprint density at radius 1 is 1.40 bits per heavy atom. The van der Waals surface area contributed by atoms with Crippen molar-refractivity contribution < 1.29 is 5.11 Å². The number of rotatable bonds is 1. The van der Waals surface area contributed by atoms with E-state index in [4.69, 9.17) is 5.73 Å². The minimum Gasteiger partial charge on any atom is -0.508 e. The number of aromatic hydroxyl groups is 1. The largest absolute Gasteiger partial charge is 0.508 e. The van der Waals surface area contributed by atoms with Gasteiger partial charge < -0.3 is 15.4 Å². The number of aromatic nitrogens is 1. The number of hydrogen-bond donors (Lipinski definition) is 2. The molecule has 2 aromatic rings. The Morgan fingerprint density at radius 2 is 2.27 bits per heavy atom. The van der Waals surface area contributed by atoms with Gasteiger partial charge >= 0.3 is 0 Å². The SMILES string of the molecule is NCC1CCn2c1cc1cc(O)ccc12. The fourth-order valence-electron chi connectivity index (χ4n) is 2.54. The number of nitrogens with two attached hydrogens (primary N) is 1. The third kappa shape index (κ3) is 1.16. The van der Waals surface area contributed by atoms with Crippen LogP contribution in [-0.2, 0) is 6.54 Å². The zero-order valence-corrected chi connectivity index (χ0v) is 8.48. The average Bonchev–Trinajstić information content (AvgIpc) is 2.74. The molecule has 1 aromatic heterocycles. The van der Waals surface area contributed by atoms with Crippen LogP contribution in [0.2, 0.25) is 0 Å². The van der Waals surface area contributed by atoms with Crippen molar-refractivity contribution in [2.45, 2.75) is 18.9 Å². The van der Waals surface area contributed by atoms with Crippen molar-refractivity contribution in [3.63, 3.8) is 0 Å². The van der Waals surface area contributed by atoms with Crippen LogP contribution in [0.15, 0.2) is 24.3 Å². The predicted octanol–water partition coefficient (Wildman–Crippen LogP) is 1.79. The van der Waals surface area contributed by atoms with Gasteiger partial charge in [-0.25, -0.2) is 0 Å². The lowest BCUT2D eigenvalue weighted by Gasteiger charge is -2.02. The number of hydrogen-bond acceptors (Lipinski definition) is 2. The highest BCUT2D eigenvalue weighted by Crippen LogP contribution is 2.34. The lowest BCUT2D eigenvalue weighted by atomic mass is 10.0. The van der Waals surface area contributed by atoms with Gasteiger partial charge in [-0.1, -0.05) is 0 Å². The molecule has 0 radical (unpaired) electrons. The smallest absolute Gasteiger partial charge is 0.116 e. The normalized spacial score (nSPS) is 19.7. The number of phenols is 1. The van der Waals surface area contributed by atoms with Crippen molar-refractivity contribution in [2.24, 2.45) is 5.73 Å². The molecule has 3 heteroatoms. The standard InChI is InChI=1S/C12H14N2O/c13-7-8-3-4-14-11-2-1-10(15)5-9(11)6-12(8)14/h1-2,5-6,8,15H,3-4,7,13H2. The molecule has 3 nitrogen and oxygen atoms in total. The van der Waals surface area contributed by atoms with Crippen LogP contribution in [0.5, 0.6) is 5.75 Å². The summed E-state index contributed by atoms with van der Waals surface area (Å²) in [4.78, 5) is 0. The van der Waals surface area contributed by atoms with E-state index in [1.165, 1.54) is 11.2 Å². The monoisotopic (exact) mass is 202 g/mol. The van der Waals surface area contributed by atoms with Crippen LogP contribution in [0.1, 0.15) is 18.0 Å². The molecule has 0 saturated heterocycles. The molecule has 2 heterocycles. The van der Waals surface area contributed by atoms with Gasteiger partial charge in [0, 0.05) is 35.6 Å². The van der Waals surface area contributed by atoms with Crippen LogP contribution in [-0.4, -0.2) is 16.2 Å². The summed E-state index contributed by atoms with van der Waals surface area (Å²) in [5, 5.41) is 10.5. The van der Waals surface area contributed by atoms with E-state index in [-0.39, 0.29) is 0 Å². The highest BCUT2D eigenvalue weighted by atomic mass is 16.3. The molecule has 0 bridgehead atoms. The van der Waals surface area contributed by atoms with Crippen molar-refractivity contribution >= 4 is 10.9 Å². The van der Waals surface area contributed by atoms with Crippen LogP contribution in [0.4, 0.5) is 0 Å². The minimum atomic E-state index is 0.330. The summed E-state index contributed by atoms with van der Waals surface area (Å²) >= 11 is 0. The molecule has 0 spiro atoms. The van der Waals surface area contributed by atoms with Crippen LogP contribution in [0, 0.1) is 0 Å². The van der Waals surface area contributed by atoms with Crippen LogP contribution in [0.3, 0.4) is 0 Å². The summed E-state index contributed by atoms with van der Waals surface area (Å²) in [5.74, 6) is 0.815. The third-order valence-corrected chi connectivity index (χ3v) is 3.32. The summed E-state index contributed by atoms with van der Waals surface area (Å²) in [6.45, 7) is 1.76. The lowest BCUT2D eigenvalue weighted by Crippen LogP contribution is -2.08. The second kappa shape index (κ2) is 3.00. The summed E-state index contributed by atoms with van der Waals surface area (Å²) < 4.78 is 2.31. The Balaban J connectivity index is 2.25. The van der Waals surface area contributed by atoms with Crippen molar-refractivity contribution in [3.8, 4) is 5.75 Å². The Hall–Kier alpha value is -1.48. The van der Waals surface area contributed by atoms with Crippen LogP contribution >= 0.6 is 0 Å². The fourth-order valence-corrected chi connectivity index (χ4v) is 2.54. The number of fused-ring (bicyclic) bond motifs is 3. The van der Waals surface area contributed by atoms with Gasteiger partial charge in [-0.2, -0.15) is 0 Å². The van der Waals surface area contributed by atoms with Crippen molar-refractivity contribution in [1.82, 2.24) is 4.57 Å². The molecule has 1 aliphatic rings. The quantitative estimate of drug-likeness (QED) is 0.740. The van der Waals surface area contributed by atoms with Crippen molar-refractivity contribution in [3.05, 3.63) is 30.0 Å². The number of benzene rings is 1. The van der Waals surface area contributed by atoms with E-state index >= 15 is 0 Å². The molecular formula is C12H14N2O. The van der Waals surface area contributed by atoms with E-state index in [1.807, 2.05) is 12.1 Å². The second-order valence-corrected chi connectivity index (χ2v) is 4.19. The summed E-state index contributed by atoms with van der Waals surface area (Å²) in [5.41, 5.74) is 8.26. The number of aryl methyl sites for hydroxylation is 1. The number of phenolic OH excluding ortho intramolecular Hbond substituents is 1. The minimum absolute atomic E-state index is 0.330. The molecule has 3 rings (SSSR count). The van der Waals surface area contributed by atoms with Gasteiger partial charge in [0.2, 0.25) is 0 Å². The Labute approximate surface area is 88.1 Å². The van der Waals surface area contributed by atoms with E-state index in [1.54, 1.807) is 6.07 Å². The molecule has 0 aliphatic carbocycles. The molecule has 1 aliphatic heterocycles. The highest BCUT2D eigenvalue weighted by Gasteiger charge is 2.23. The van der Waals surface area contributed by atoms with Gasteiger partial charge in [0.15, 0.2) is 0 Å². The van der Waals surface area contributed by atoms with Crippen molar-refractivity contribution in [1.29, 1.82) is 0 Å². The molecule has 3 N–H and O–H groups in total. The molecule has 78 valence electrons. The summed E-state index contributed by atoms with van der Waals surface area (Å²) in [6.07, 6.45) is 1.14. The highest BCUT2D eigenvalue weighted by molar-refractivity contribution is 5.83. The molecule has 0 fully saturated rings. The van der Waals surface area contributed by atoms with Crippen LogP contribution < -0.4 is 5.73 Å². The molecule has 0 saturated carbocycles. The molecule has 1 unspecified atom stereocenters. The van der Waals surface area contributed by atoms with Gasteiger partial charge in [-0.05, 0) is 30.7 Å². The third-order valence-electron chi connectivity index (χ3n) is 3.32. The lowest BCUT2D eigenvalue weighted by molar-refractivity contribution is 0.476. The van der Waals surface area contributed by atoms with Crippen LogP contribution in [0.25, 0.3) is 10.9 Å². The van der Waals surface area contributed by atoms with Crippen molar-refractivity contribution in [2.75, 3.05) is 6.54 Å². The molecule has 1 aromatic carbocycles. The van der Waals surface area contributed by atoms with E-state index in [0.717, 1.165) is 18.4 Å². The first kappa shape index (κ1) is 8.80. The van der Waals surface area contributed by atoms with Gasteiger partial charge in [0.05, 0.1) is 0 Å². The maximum atomic E-state index is 9.41. The first-order valence-electron chi connectivity index (χ1n) is 5.32. The Kier molecular flexibility index (Phi) is 1.76. The van der Waals surface area contributed by atoms with Gasteiger partial charge in [0.1, 0.15) is 5.75 Å². The topological polar surface area (TPSA) is 51.2 Å². The average molecular weight is 202 g/mol. The second-order valence-electron chi connectivity index (χ2n) is 4.19. The zero-order valence-electron chi connectivity index (χ0n) is 8.48. The van der Waals surface area contributed by atoms with E-state index < -0.39 is 0 Å². The maximum Gasteiger partial charge on any atom is 0.116 e. The molecular weight excluding hydrogens is 188 g/mol. The van der Waals surface area contributed by atoms with E-state index in [2.05, 4.69) is 10.6 Å². The summed E-state index contributed by atoms with van der Waals surface area (Å²) in [7, 11) is 0. The first-order chi connectivity index (χ1) is 7.29. The molecule has 0 amide bonds. The predicted molar refractivity (Wildman–Crippen MR) is 60.0 cm³/mol. The summed E-state index contributed by atoms with van der Waals surface area (Å²) in [6, 6.07) is 7.69. The number of nitrogens with zero attached hydrogens (tertiary/aromatic N) is 1. The van der Waals surface area contributed by atoms with Gasteiger partial charge in [0.25, 0.3) is 0 Å². The van der Waals surface area contributed by atoms with E-state index in [9.17, 15) is 5.11 Å². The molecule has 1 atom stereocenters. The fraction of sp³-hybridized carbons (Fsp3) is 0.333. The van der Waals surface area contributed by atoms with Gasteiger partial charge in [-0.15, -0.1) is 0 Å². The maximum absolute atomic E-state index is 9.41. The Morgan fingerprint density at radius 3 is 3.07 bits per heavy atom. The van der Waals surface area contributed by atoms with Gasteiger partial charge in [-0.3, -0.25) is 0 Å².